The van der Waals surface area contributed by atoms with E-state index in [2.05, 4.69) is 29.4 Å². The Labute approximate surface area is 141 Å². The Morgan fingerprint density at radius 1 is 1.45 bits per heavy atom. The minimum absolute atomic E-state index is 0.0724. The number of anilines is 1. The molecule has 8 heteroatoms. The molecule has 1 aromatic heterocycles. The summed E-state index contributed by atoms with van der Waals surface area (Å²) in [6.45, 7) is 4.24. The van der Waals surface area contributed by atoms with E-state index >= 15 is 0 Å². The van der Waals surface area contributed by atoms with Gasteiger partial charge >= 0.3 is 0 Å². The van der Waals surface area contributed by atoms with E-state index in [0.717, 1.165) is 10.1 Å². The number of amides is 1. The van der Waals surface area contributed by atoms with Crippen LogP contribution in [0.3, 0.4) is 0 Å². The van der Waals surface area contributed by atoms with Gasteiger partial charge in [-0.1, -0.05) is 54.6 Å². The number of aromatic nitrogens is 2. The third-order valence-electron chi connectivity index (χ3n) is 2.56. The molecule has 118 valence electrons. The molecule has 1 heterocycles. The summed E-state index contributed by atoms with van der Waals surface area (Å²) in [7, 11) is 0. The number of thioether (sulfide) groups is 1. The number of hydrogen-bond donors (Lipinski definition) is 1. The maximum Gasteiger partial charge on any atom is 0.230 e. The van der Waals surface area contributed by atoms with Gasteiger partial charge in [0.25, 0.3) is 0 Å². The summed E-state index contributed by atoms with van der Waals surface area (Å²) >= 11 is 8.60. The summed E-state index contributed by atoms with van der Waals surface area (Å²) in [4.78, 5) is 11.9. The van der Waals surface area contributed by atoms with Crippen molar-refractivity contribution in [2.24, 2.45) is 5.92 Å². The molecule has 22 heavy (non-hydrogen) atoms. The molecular formula is C14H15ClFN3OS2. The van der Waals surface area contributed by atoms with Gasteiger partial charge in [0.1, 0.15) is 5.82 Å². The van der Waals surface area contributed by atoms with Gasteiger partial charge in [-0.05, 0) is 23.6 Å². The summed E-state index contributed by atoms with van der Waals surface area (Å²) in [6, 6.07) is 4.25. The number of rotatable bonds is 6. The number of carbonyl (C=O) groups excluding carboxylic acids is 1. The Hall–Kier alpha value is -1.18. The zero-order valence-electron chi connectivity index (χ0n) is 12.1. The molecule has 4 nitrogen and oxygen atoms in total. The van der Waals surface area contributed by atoms with Crippen LogP contribution in [0.25, 0.3) is 0 Å². The van der Waals surface area contributed by atoms with Gasteiger partial charge in [0.05, 0.1) is 6.42 Å². The van der Waals surface area contributed by atoms with Crippen LogP contribution in [0.4, 0.5) is 9.52 Å². The van der Waals surface area contributed by atoms with E-state index in [-0.39, 0.29) is 12.3 Å². The van der Waals surface area contributed by atoms with E-state index in [9.17, 15) is 9.18 Å². The average molecular weight is 360 g/mol. The van der Waals surface area contributed by atoms with Gasteiger partial charge in [-0.15, -0.1) is 10.2 Å². The second-order valence-corrected chi connectivity index (χ2v) is 7.72. The summed E-state index contributed by atoms with van der Waals surface area (Å²) in [5.41, 5.74) is 0.292. The largest absolute Gasteiger partial charge is 0.300 e. The van der Waals surface area contributed by atoms with E-state index in [0.29, 0.717) is 21.6 Å². The Morgan fingerprint density at radius 3 is 2.91 bits per heavy atom. The van der Waals surface area contributed by atoms with Crippen LogP contribution in [0, 0.1) is 11.7 Å². The van der Waals surface area contributed by atoms with Crippen molar-refractivity contribution in [2.75, 3.05) is 11.1 Å². The molecule has 2 rings (SSSR count). The molecule has 0 unspecified atom stereocenters. The fourth-order valence-electron chi connectivity index (χ4n) is 1.56. The summed E-state index contributed by atoms with van der Waals surface area (Å²) in [5.74, 6) is 0.671. The van der Waals surface area contributed by atoms with Crippen LogP contribution < -0.4 is 5.32 Å². The van der Waals surface area contributed by atoms with Crippen molar-refractivity contribution in [2.45, 2.75) is 24.6 Å². The van der Waals surface area contributed by atoms with Crippen LogP contribution in [0.1, 0.15) is 19.4 Å². The van der Waals surface area contributed by atoms with Crippen molar-refractivity contribution in [1.82, 2.24) is 10.2 Å². The van der Waals surface area contributed by atoms with E-state index in [1.165, 1.54) is 23.5 Å². The summed E-state index contributed by atoms with van der Waals surface area (Å²) in [6.07, 6.45) is -0.0724. The van der Waals surface area contributed by atoms with Gasteiger partial charge in [-0.25, -0.2) is 4.39 Å². The van der Waals surface area contributed by atoms with Crippen LogP contribution in [0.2, 0.25) is 5.02 Å². The lowest BCUT2D eigenvalue weighted by molar-refractivity contribution is -0.115. The van der Waals surface area contributed by atoms with Crippen LogP contribution >= 0.6 is 34.7 Å². The first-order chi connectivity index (χ1) is 10.4. The maximum atomic E-state index is 13.6. The maximum absolute atomic E-state index is 13.6. The summed E-state index contributed by atoms with van der Waals surface area (Å²) < 4.78 is 14.4. The molecular weight excluding hydrogens is 345 g/mol. The number of nitrogens with one attached hydrogen (secondary N) is 1. The Bertz CT molecular complexity index is 663. The molecule has 1 aromatic carbocycles. The molecule has 2 aromatic rings. The highest BCUT2D eigenvalue weighted by atomic mass is 35.5. The van der Waals surface area contributed by atoms with Crippen molar-refractivity contribution in [3.05, 3.63) is 34.6 Å². The van der Waals surface area contributed by atoms with Gasteiger partial charge < -0.3 is 5.32 Å². The quantitative estimate of drug-likeness (QED) is 0.618. The molecule has 0 saturated heterocycles. The van der Waals surface area contributed by atoms with E-state index < -0.39 is 5.82 Å². The van der Waals surface area contributed by atoms with Crippen molar-refractivity contribution in [1.29, 1.82) is 0 Å². The molecule has 0 aliphatic carbocycles. The molecule has 0 aliphatic rings. The highest BCUT2D eigenvalue weighted by Crippen LogP contribution is 2.27. The first-order valence-corrected chi connectivity index (χ1v) is 8.82. The van der Waals surface area contributed by atoms with Crippen molar-refractivity contribution < 1.29 is 9.18 Å². The predicted octanol–water partition coefficient (Wildman–Crippen LogP) is 4.26. The average Bonchev–Trinajstić information content (AvgIpc) is 2.87. The first kappa shape index (κ1) is 17.2. The Morgan fingerprint density at radius 2 is 2.23 bits per heavy atom. The van der Waals surface area contributed by atoms with Crippen LogP contribution in [-0.4, -0.2) is 21.9 Å². The fraction of sp³-hybridized carbons (Fsp3) is 0.357. The van der Waals surface area contributed by atoms with Gasteiger partial charge in [0, 0.05) is 10.8 Å². The highest BCUT2D eigenvalue weighted by Gasteiger charge is 2.12. The third kappa shape index (κ3) is 5.23. The topological polar surface area (TPSA) is 54.9 Å². The second-order valence-electron chi connectivity index (χ2n) is 5.04. The number of halogens is 2. The smallest absolute Gasteiger partial charge is 0.230 e. The number of benzene rings is 1. The van der Waals surface area contributed by atoms with Gasteiger partial charge in [0.2, 0.25) is 11.0 Å². The molecule has 0 radical (unpaired) electrons. The molecule has 0 atom stereocenters. The lowest BCUT2D eigenvalue weighted by Gasteiger charge is -2.03. The van der Waals surface area contributed by atoms with Crippen LogP contribution in [0.15, 0.2) is 22.5 Å². The number of hydrogen-bond acceptors (Lipinski definition) is 5. The predicted molar refractivity (Wildman–Crippen MR) is 89.2 cm³/mol. The summed E-state index contributed by atoms with van der Waals surface area (Å²) in [5, 5.41) is 11.3. The fourth-order valence-corrected chi connectivity index (χ4v) is 3.46. The van der Waals surface area contributed by atoms with E-state index in [1.807, 2.05) is 0 Å². The van der Waals surface area contributed by atoms with Crippen LogP contribution in [0.5, 0.6) is 0 Å². The molecule has 1 N–H and O–H groups in total. The van der Waals surface area contributed by atoms with Crippen LogP contribution in [-0.2, 0) is 11.2 Å². The second kappa shape index (κ2) is 7.89. The minimum atomic E-state index is -0.493. The zero-order valence-corrected chi connectivity index (χ0v) is 14.5. The number of nitrogens with zero attached hydrogens (tertiary/aromatic N) is 2. The lowest BCUT2D eigenvalue weighted by Crippen LogP contribution is -2.15. The zero-order chi connectivity index (χ0) is 16.1. The van der Waals surface area contributed by atoms with Crippen molar-refractivity contribution in [3.63, 3.8) is 0 Å². The van der Waals surface area contributed by atoms with E-state index in [1.54, 1.807) is 17.8 Å². The van der Waals surface area contributed by atoms with Gasteiger partial charge in [-0.3, -0.25) is 4.79 Å². The lowest BCUT2D eigenvalue weighted by atomic mass is 10.1. The Balaban J connectivity index is 1.91. The molecule has 0 fully saturated rings. The molecule has 0 bridgehead atoms. The standard InChI is InChI=1S/C14H15ClFN3OS2/c1-8(2)7-21-14-19-18-13(22-14)17-12(20)5-9-3-4-10(15)6-11(9)16/h3-4,6,8H,5,7H2,1-2H3,(H,17,18,20). The van der Waals surface area contributed by atoms with Crippen molar-refractivity contribution >= 4 is 45.7 Å². The normalized spacial score (nSPS) is 11.0. The van der Waals surface area contributed by atoms with E-state index in [4.69, 9.17) is 11.6 Å². The van der Waals surface area contributed by atoms with Gasteiger partial charge in [0.15, 0.2) is 4.34 Å². The molecule has 0 saturated carbocycles. The SMILES string of the molecule is CC(C)CSc1nnc(NC(=O)Cc2ccc(Cl)cc2F)s1. The molecule has 0 spiro atoms. The monoisotopic (exact) mass is 359 g/mol. The van der Waals surface area contributed by atoms with Gasteiger partial charge in [-0.2, -0.15) is 0 Å². The highest BCUT2D eigenvalue weighted by molar-refractivity contribution is 8.01. The van der Waals surface area contributed by atoms with Crippen molar-refractivity contribution in [3.8, 4) is 0 Å². The minimum Gasteiger partial charge on any atom is -0.300 e. The number of carbonyl (C=O) groups is 1. The molecule has 0 aliphatic heterocycles. The third-order valence-corrected chi connectivity index (χ3v) is 5.19. The molecule has 1 amide bonds. The first-order valence-electron chi connectivity index (χ1n) is 6.64. The Kier molecular flexibility index (Phi) is 6.16.